The predicted molar refractivity (Wildman–Crippen MR) is 144 cm³/mol. The number of aromatic nitrogens is 1. The van der Waals surface area contributed by atoms with Crippen LogP contribution >= 0.6 is 0 Å². The monoisotopic (exact) mass is 501 g/mol. The van der Waals surface area contributed by atoms with Crippen molar-refractivity contribution in [3.63, 3.8) is 0 Å². The molecule has 192 valence electrons. The zero-order chi connectivity index (χ0) is 26.1. The van der Waals surface area contributed by atoms with E-state index in [-0.39, 0.29) is 0 Å². The Hall–Kier alpha value is -4.26. The summed E-state index contributed by atoms with van der Waals surface area (Å²) in [6.45, 7) is 0.839. The molecule has 37 heavy (non-hydrogen) atoms. The van der Waals surface area contributed by atoms with Crippen LogP contribution in [0.5, 0.6) is 34.5 Å². The normalized spacial score (nSPS) is 11.8. The van der Waals surface area contributed by atoms with Gasteiger partial charge in [0.05, 0.1) is 48.4 Å². The SMILES string of the molecule is COc1ccc(-c2cn3c(c2-c2ccc(OC)c(OC)c2)-c2cc(OC)c(OC)cc2CC3)cc1OC. The van der Waals surface area contributed by atoms with Crippen LogP contribution in [-0.2, 0) is 13.0 Å². The maximum absolute atomic E-state index is 5.68. The van der Waals surface area contributed by atoms with Crippen molar-refractivity contribution >= 4 is 0 Å². The summed E-state index contributed by atoms with van der Waals surface area (Å²) < 4.78 is 35.9. The van der Waals surface area contributed by atoms with Crippen LogP contribution in [-0.4, -0.2) is 47.2 Å². The van der Waals surface area contributed by atoms with E-state index in [9.17, 15) is 0 Å². The molecule has 0 fully saturated rings. The molecule has 0 atom stereocenters. The molecule has 0 unspecified atom stereocenters. The highest BCUT2D eigenvalue weighted by Crippen LogP contribution is 2.49. The molecule has 3 aromatic carbocycles. The number of aryl methyl sites for hydroxylation is 2. The highest BCUT2D eigenvalue weighted by molar-refractivity contribution is 5.96. The minimum atomic E-state index is 0.668. The van der Waals surface area contributed by atoms with Crippen molar-refractivity contribution < 1.29 is 28.4 Å². The Morgan fingerprint density at radius 2 is 1.05 bits per heavy atom. The number of methoxy groups -OCH3 is 6. The summed E-state index contributed by atoms with van der Waals surface area (Å²) in [5.41, 5.74) is 7.63. The molecule has 1 aromatic heterocycles. The van der Waals surface area contributed by atoms with Crippen LogP contribution in [0.4, 0.5) is 0 Å². The van der Waals surface area contributed by atoms with Crippen molar-refractivity contribution in [2.75, 3.05) is 42.7 Å². The lowest BCUT2D eigenvalue weighted by atomic mass is 9.90. The highest BCUT2D eigenvalue weighted by atomic mass is 16.5. The van der Waals surface area contributed by atoms with Crippen LogP contribution < -0.4 is 28.4 Å². The lowest BCUT2D eigenvalue weighted by Crippen LogP contribution is -2.11. The number of hydrogen-bond acceptors (Lipinski definition) is 6. The van der Waals surface area contributed by atoms with Gasteiger partial charge in [-0.3, -0.25) is 0 Å². The van der Waals surface area contributed by atoms with Crippen LogP contribution in [0.15, 0.2) is 54.7 Å². The third-order valence-corrected chi connectivity index (χ3v) is 6.93. The Balaban J connectivity index is 1.82. The van der Waals surface area contributed by atoms with E-state index in [1.165, 1.54) is 5.56 Å². The minimum Gasteiger partial charge on any atom is -0.493 e. The molecule has 0 saturated heterocycles. The van der Waals surface area contributed by atoms with Crippen LogP contribution in [0.2, 0.25) is 0 Å². The summed E-state index contributed by atoms with van der Waals surface area (Å²) >= 11 is 0. The van der Waals surface area contributed by atoms with E-state index in [1.54, 1.807) is 42.7 Å². The Morgan fingerprint density at radius 1 is 0.541 bits per heavy atom. The fourth-order valence-corrected chi connectivity index (χ4v) is 5.12. The maximum Gasteiger partial charge on any atom is 0.161 e. The third kappa shape index (κ3) is 4.10. The fourth-order valence-electron chi connectivity index (χ4n) is 5.12. The molecule has 0 N–H and O–H groups in total. The van der Waals surface area contributed by atoms with E-state index in [4.69, 9.17) is 28.4 Å². The molecule has 0 aliphatic carbocycles. The van der Waals surface area contributed by atoms with Crippen LogP contribution in [0.3, 0.4) is 0 Å². The fraction of sp³-hybridized carbons (Fsp3) is 0.267. The Labute approximate surface area is 217 Å². The Bertz CT molecular complexity index is 1460. The van der Waals surface area contributed by atoms with Crippen molar-refractivity contribution in [1.82, 2.24) is 4.57 Å². The van der Waals surface area contributed by atoms with Gasteiger partial charge in [-0.15, -0.1) is 0 Å². The van der Waals surface area contributed by atoms with E-state index < -0.39 is 0 Å². The Kier molecular flexibility index (Phi) is 6.61. The smallest absolute Gasteiger partial charge is 0.161 e. The van der Waals surface area contributed by atoms with Crippen molar-refractivity contribution in [1.29, 1.82) is 0 Å². The van der Waals surface area contributed by atoms with Gasteiger partial charge in [-0.05, 0) is 59.5 Å². The lowest BCUT2D eigenvalue weighted by Gasteiger charge is -2.23. The number of ether oxygens (including phenoxy) is 6. The van der Waals surface area contributed by atoms with E-state index in [2.05, 4.69) is 35.0 Å². The van der Waals surface area contributed by atoms with Crippen LogP contribution in [0, 0.1) is 0 Å². The van der Waals surface area contributed by atoms with Crippen molar-refractivity contribution in [2.45, 2.75) is 13.0 Å². The van der Waals surface area contributed by atoms with Gasteiger partial charge in [0, 0.05) is 29.4 Å². The second kappa shape index (κ2) is 10.0. The van der Waals surface area contributed by atoms with Crippen molar-refractivity contribution in [3.05, 3.63) is 60.3 Å². The van der Waals surface area contributed by atoms with E-state index in [0.717, 1.165) is 52.2 Å². The molecule has 5 rings (SSSR count). The number of benzene rings is 3. The van der Waals surface area contributed by atoms with Crippen LogP contribution in [0.25, 0.3) is 33.5 Å². The average Bonchev–Trinajstić information content (AvgIpc) is 3.35. The van der Waals surface area contributed by atoms with Gasteiger partial charge in [-0.25, -0.2) is 0 Å². The summed E-state index contributed by atoms with van der Waals surface area (Å²) in [5.74, 6) is 4.13. The molecule has 2 heterocycles. The first-order chi connectivity index (χ1) is 18.1. The molecule has 7 heteroatoms. The molecular weight excluding hydrogens is 470 g/mol. The molecule has 0 spiro atoms. The average molecular weight is 502 g/mol. The largest absolute Gasteiger partial charge is 0.493 e. The number of rotatable bonds is 8. The molecule has 4 aromatic rings. The lowest BCUT2D eigenvalue weighted by molar-refractivity contribution is 0.354. The number of hydrogen-bond donors (Lipinski definition) is 0. The summed E-state index contributed by atoms with van der Waals surface area (Å²) in [5, 5.41) is 0. The minimum absolute atomic E-state index is 0.668. The van der Waals surface area contributed by atoms with Crippen LogP contribution in [0.1, 0.15) is 5.56 Å². The third-order valence-electron chi connectivity index (χ3n) is 6.93. The van der Waals surface area contributed by atoms with Gasteiger partial charge >= 0.3 is 0 Å². The zero-order valence-corrected chi connectivity index (χ0v) is 22.0. The molecule has 1 aliphatic rings. The van der Waals surface area contributed by atoms with Gasteiger partial charge in [0.2, 0.25) is 0 Å². The summed E-state index contributed by atoms with van der Waals surface area (Å²) in [6, 6.07) is 16.2. The quantitative estimate of drug-likeness (QED) is 0.291. The van der Waals surface area contributed by atoms with E-state index >= 15 is 0 Å². The first-order valence-corrected chi connectivity index (χ1v) is 12.0. The predicted octanol–water partition coefficient (Wildman–Crippen LogP) is 6.10. The molecule has 0 saturated carbocycles. The zero-order valence-electron chi connectivity index (χ0n) is 22.0. The number of nitrogens with zero attached hydrogens (tertiary/aromatic N) is 1. The van der Waals surface area contributed by atoms with E-state index in [0.29, 0.717) is 28.7 Å². The molecule has 7 nitrogen and oxygen atoms in total. The highest BCUT2D eigenvalue weighted by Gasteiger charge is 2.27. The van der Waals surface area contributed by atoms with Gasteiger partial charge in [0.15, 0.2) is 34.5 Å². The Morgan fingerprint density at radius 3 is 1.65 bits per heavy atom. The number of fused-ring (bicyclic) bond motifs is 3. The van der Waals surface area contributed by atoms with Crippen molar-refractivity contribution in [3.8, 4) is 68.0 Å². The standard InChI is InChI=1S/C30H31NO6/c1-32-23-9-7-18(13-25(23)34-3)22-17-31-12-11-19-14-27(36-5)28(37-6)16-21(19)30(31)29(22)20-8-10-24(33-2)26(15-20)35-4/h7-10,13-17H,11-12H2,1-6H3. The summed E-state index contributed by atoms with van der Waals surface area (Å²) in [7, 11) is 9.91. The second-order valence-corrected chi connectivity index (χ2v) is 8.71. The van der Waals surface area contributed by atoms with Crippen molar-refractivity contribution in [2.24, 2.45) is 0 Å². The molecule has 0 amide bonds. The first kappa shape index (κ1) is 24.4. The van der Waals surface area contributed by atoms with Gasteiger partial charge in [0.25, 0.3) is 0 Å². The van der Waals surface area contributed by atoms with Gasteiger partial charge in [-0.2, -0.15) is 0 Å². The summed E-state index contributed by atoms with van der Waals surface area (Å²) in [6.07, 6.45) is 3.09. The topological polar surface area (TPSA) is 60.3 Å². The molecule has 0 bridgehead atoms. The van der Waals surface area contributed by atoms with Gasteiger partial charge < -0.3 is 33.0 Å². The molecule has 1 aliphatic heterocycles. The van der Waals surface area contributed by atoms with E-state index in [1.807, 2.05) is 24.3 Å². The van der Waals surface area contributed by atoms with Gasteiger partial charge in [-0.1, -0.05) is 12.1 Å². The molecule has 0 radical (unpaired) electrons. The first-order valence-electron chi connectivity index (χ1n) is 12.0. The summed E-state index contributed by atoms with van der Waals surface area (Å²) in [4.78, 5) is 0. The maximum atomic E-state index is 5.68. The van der Waals surface area contributed by atoms with Gasteiger partial charge in [0.1, 0.15) is 0 Å². The molecular formula is C30H31NO6. The second-order valence-electron chi connectivity index (χ2n) is 8.71.